The van der Waals surface area contributed by atoms with Crippen molar-refractivity contribution >= 4 is 46.5 Å². The van der Waals surface area contributed by atoms with Crippen LogP contribution in [0.1, 0.15) is 17.3 Å². The first-order valence-corrected chi connectivity index (χ1v) is 8.61. The molecule has 6 nitrogen and oxygen atoms in total. The van der Waals surface area contributed by atoms with Crippen molar-refractivity contribution in [3.63, 3.8) is 0 Å². The van der Waals surface area contributed by atoms with Gasteiger partial charge in [0.2, 0.25) is 0 Å². The zero-order valence-corrected chi connectivity index (χ0v) is 15.8. The molecule has 2 aromatic rings. The Balaban J connectivity index is 2.09. The van der Waals surface area contributed by atoms with Crippen molar-refractivity contribution in [3.8, 4) is 6.07 Å². The minimum Gasteiger partial charge on any atom is -0.462 e. The fourth-order valence-corrected chi connectivity index (χ4v) is 2.54. The highest BCUT2D eigenvalue weighted by atomic mass is 35.5. The molecule has 0 spiro atoms. The van der Waals surface area contributed by atoms with E-state index in [1.54, 1.807) is 31.2 Å². The maximum absolute atomic E-state index is 12.3. The number of hydrogen-bond donors (Lipinski definition) is 2. The third kappa shape index (κ3) is 5.48. The predicted octanol–water partition coefficient (Wildman–Crippen LogP) is 4.63. The van der Waals surface area contributed by atoms with Gasteiger partial charge in [-0.3, -0.25) is 4.79 Å². The van der Waals surface area contributed by atoms with E-state index in [4.69, 9.17) is 27.9 Å². The average molecular weight is 404 g/mol. The van der Waals surface area contributed by atoms with E-state index in [2.05, 4.69) is 10.6 Å². The largest absolute Gasteiger partial charge is 0.462 e. The summed E-state index contributed by atoms with van der Waals surface area (Å²) in [6.07, 6.45) is 1.22. The van der Waals surface area contributed by atoms with E-state index in [-0.39, 0.29) is 12.2 Å². The number of nitriles is 1. The fourth-order valence-electron chi connectivity index (χ4n) is 2.03. The quantitative estimate of drug-likeness (QED) is 0.416. The SMILES string of the molecule is CCOC(=O)c1ccc(NC(=O)/C(C#N)=C\Nc2c(Cl)cccc2Cl)cc1. The van der Waals surface area contributed by atoms with E-state index in [1.807, 2.05) is 0 Å². The van der Waals surface area contributed by atoms with Crippen LogP contribution in [-0.2, 0) is 9.53 Å². The predicted molar refractivity (Wildman–Crippen MR) is 105 cm³/mol. The Morgan fingerprint density at radius 2 is 1.78 bits per heavy atom. The normalized spacial score (nSPS) is 10.7. The van der Waals surface area contributed by atoms with Crippen LogP contribution in [0.15, 0.2) is 54.2 Å². The summed E-state index contributed by atoms with van der Waals surface area (Å²) in [6.45, 7) is 1.99. The molecule has 0 bridgehead atoms. The molecule has 0 unspecified atom stereocenters. The second kappa shape index (κ2) is 9.62. The molecule has 138 valence electrons. The number of carbonyl (C=O) groups excluding carboxylic acids is 2. The van der Waals surface area contributed by atoms with Gasteiger partial charge in [-0.2, -0.15) is 5.26 Å². The van der Waals surface area contributed by atoms with E-state index in [1.165, 1.54) is 30.5 Å². The monoisotopic (exact) mass is 403 g/mol. The molecular formula is C19H15Cl2N3O3. The van der Waals surface area contributed by atoms with Crippen LogP contribution in [0.25, 0.3) is 0 Å². The molecule has 0 saturated carbocycles. The third-order valence-corrected chi connectivity index (χ3v) is 3.97. The fraction of sp³-hybridized carbons (Fsp3) is 0.105. The summed E-state index contributed by atoms with van der Waals surface area (Å²) in [5, 5.41) is 15.3. The Kier molecular flexibility index (Phi) is 7.24. The Morgan fingerprint density at radius 1 is 1.15 bits per heavy atom. The van der Waals surface area contributed by atoms with Gasteiger partial charge in [-0.05, 0) is 43.3 Å². The van der Waals surface area contributed by atoms with Crippen molar-refractivity contribution in [1.82, 2.24) is 0 Å². The lowest BCUT2D eigenvalue weighted by Gasteiger charge is -2.08. The van der Waals surface area contributed by atoms with Crippen LogP contribution in [-0.4, -0.2) is 18.5 Å². The number of carbonyl (C=O) groups is 2. The Morgan fingerprint density at radius 3 is 2.33 bits per heavy atom. The van der Waals surface area contributed by atoms with Gasteiger partial charge in [-0.1, -0.05) is 29.3 Å². The van der Waals surface area contributed by atoms with Gasteiger partial charge in [0.1, 0.15) is 11.6 Å². The van der Waals surface area contributed by atoms with Crippen LogP contribution in [0, 0.1) is 11.3 Å². The molecule has 0 radical (unpaired) electrons. The molecule has 2 aromatic carbocycles. The second-order valence-electron chi connectivity index (χ2n) is 5.16. The number of para-hydroxylation sites is 1. The second-order valence-corrected chi connectivity index (χ2v) is 5.98. The molecule has 0 saturated heterocycles. The van der Waals surface area contributed by atoms with Crippen LogP contribution in [0.3, 0.4) is 0 Å². The molecule has 0 heterocycles. The first kappa shape index (κ1) is 20.3. The minimum atomic E-state index is -0.628. The maximum atomic E-state index is 12.3. The summed E-state index contributed by atoms with van der Waals surface area (Å²) in [4.78, 5) is 23.9. The Labute approximate surface area is 166 Å². The van der Waals surface area contributed by atoms with Gasteiger partial charge >= 0.3 is 5.97 Å². The van der Waals surface area contributed by atoms with E-state index >= 15 is 0 Å². The van der Waals surface area contributed by atoms with Crippen molar-refractivity contribution in [2.45, 2.75) is 6.92 Å². The number of ether oxygens (including phenoxy) is 1. The summed E-state index contributed by atoms with van der Waals surface area (Å²) < 4.78 is 4.89. The van der Waals surface area contributed by atoms with Crippen LogP contribution in [0.2, 0.25) is 10.0 Å². The highest BCUT2D eigenvalue weighted by Gasteiger charge is 2.12. The molecule has 0 aliphatic rings. The summed E-state index contributed by atoms with van der Waals surface area (Å²) in [7, 11) is 0. The van der Waals surface area contributed by atoms with Gasteiger partial charge in [-0.15, -0.1) is 0 Å². The van der Waals surface area contributed by atoms with Gasteiger partial charge in [0, 0.05) is 11.9 Å². The van der Waals surface area contributed by atoms with Gasteiger partial charge in [0.05, 0.1) is 27.9 Å². The number of nitrogens with one attached hydrogen (secondary N) is 2. The van der Waals surface area contributed by atoms with Crippen molar-refractivity contribution in [2.24, 2.45) is 0 Å². The number of benzene rings is 2. The highest BCUT2D eigenvalue weighted by Crippen LogP contribution is 2.29. The minimum absolute atomic E-state index is 0.180. The first-order chi connectivity index (χ1) is 13.0. The lowest BCUT2D eigenvalue weighted by molar-refractivity contribution is -0.112. The van der Waals surface area contributed by atoms with Crippen LogP contribution in [0.4, 0.5) is 11.4 Å². The van der Waals surface area contributed by atoms with E-state index in [0.29, 0.717) is 27.0 Å². The van der Waals surface area contributed by atoms with E-state index in [9.17, 15) is 14.9 Å². The molecule has 8 heteroatoms. The average Bonchev–Trinajstić information content (AvgIpc) is 2.65. The topological polar surface area (TPSA) is 91.2 Å². The summed E-state index contributed by atoms with van der Waals surface area (Å²) in [6, 6.07) is 12.8. The third-order valence-electron chi connectivity index (χ3n) is 3.34. The van der Waals surface area contributed by atoms with E-state index < -0.39 is 11.9 Å². The van der Waals surface area contributed by atoms with Crippen molar-refractivity contribution in [2.75, 3.05) is 17.2 Å². The molecule has 0 aliphatic heterocycles. The molecule has 0 fully saturated rings. The van der Waals surface area contributed by atoms with E-state index in [0.717, 1.165) is 0 Å². The van der Waals surface area contributed by atoms with Gasteiger partial charge < -0.3 is 15.4 Å². The highest BCUT2D eigenvalue weighted by molar-refractivity contribution is 6.39. The molecular weight excluding hydrogens is 389 g/mol. The summed E-state index contributed by atoms with van der Waals surface area (Å²) >= 11 is 12.1. The molecule has 2 N–H and O–H groups in total. The first-order valence-electron chi connectivity index (χ1n) is 7.85. The van der Waals surface area contributed by atoms with Gasteiger partial charge in [0.15, 0.2) is 0 Å². The number of esters is 1. The van der Waals surface area contributed by atoms with Crippen LogP contribution in [0.5, 0.6) is 0 Å². The number of amides is 1. The summed E-state index contributed by atoms with van der Waals surface area (Å²) in [5.74, 6) is -1.08. The lowest BCUT2D eigenvalue weighted by atomic mass is 10.2. The van der Waals surface area contributed by atoms with Crippen molar-refractivity contribution < 1.29 is 14.3 Å². The van der Waals surface area contributed by atoms with Crippen molar-refractivity contribution in [1.29, 1.82) is 5.26 Å². The number of halogens is 2. The number of hydrogen-bond acceptors (Lipinski definition) is 5. The molecule has 2 rings (SSSR count). The Bertz CT molecular complexity index is 899. The standard InChI is InChI=1S/C19H15Cl2N3O3/c1-2-27-19(26)12-6-8-14(9-7-12)24-18(25)13(10-22)11-23-17-15(20)4-3-5-16(17)21/h3-9,11,23H,2H2,1H3,(H,24,25)/b13-11-. The molecule has 0 aromatic heterocycles. The van der Waals surface area contributed by atoms with Crippen LogP contribution < -0.4 is 10.6 Å². The zero-order chi connectivity index (χ0) is 19.8. The molecule has 0 atom stereocenters. The molecule has 0 aliphatic carbocycles. The van der Waals surface area contributed by atoms with Gasteiger partial charge in [-0.25, -0.2) is 4.79 Å². The van der Waals surface area contributed by atoms with Crippen LogP contribution >= 0.6 is 23.2 Å². The number of anilines is 2. The summed E-state index contributed by atoms with van der Waals surface area (Å²) in [5.41, 5.74) is 0.992. The zero-order valence-electron chi connectivity index (χ0n) is 14.3. The smallest absolute Gasteiger partial charge is 0.338 e. The Hall–Kier alpha value is -3.01. The van der Waals surface area contributed by atoms with Gasteiger partial charge in [0.25, 0.3) is 5.91 Å². The lowest BCUT2D eigenvalue weighted by Crippen LogP contribution is -2.15. The molecule has 1 amide bonds. The van der Waals surface area contributed by atoms with Crippen molar-refractivity contribution in [3.05, 3.63) is 69.8 Å². The molecule has 27 heavy (non-hydrogen) atoms. The number of nitrogens with zero attached hydrogens (tertiary/aromatic N) is 1. The number of rotatable bonds is 6. The maximum Gasteiger partial charge on any atom is 0.338 e.